The number of carbonyl (C=O) groups excluding carboxylic acids is 1. The van der Waals surface area contributed by atoms with Crippen molar-refractivity contribution < 1.29 is 14.4 Å². The molecule has 0 heterocycles. The Bertz CT molecular complexity index is 750. The molecule has 0 fully saturated rings. The first-order valence-corrected chi connectivity index (χ1v) is 7.20. The van der Waals surface area contributed by atoms with Gasteiger partial charge in [-0.15, -0.1) is 0 Å². The number of fused-ring (bicyclic) bond motifs is 1. The van der Waals surface area contributed by atoms with Crippen molar-refractivity contribution in [1.82, 2.24) is 0 Å². The van der Waals surface area contributed by atoms with Crippen LogP contribution in [0.5, 0.6) is 5.75 Å². The minimum absolute atomic E-state index is 0.424. The molecule has 4 nitrogen and oxygen atoms in total. The Morgan fingerprint density at radius 3 is 2.73 bits per heavy atom. The molecular formula is C18H17NO3. The minimum Gasteiger partial charge on any atom is -0.497 e. The molecule has 22 heavy (non-hydrogen) atoms. The fourth-order valence-corrected chi connectivity index (χ4v) is 2.62. The average molecular weight is 295 g/mol. The third-order valence-corrected chi connectivity index (χ3v) is 3.86. The molecule has 1 aliphatic rings. The number of ether oxygens (including phenoxy) is 1. The maximum Gasteiger partial charge on any atom is 0.366 e. The normalized spacial score (nSPS) is 14.7. The Balaban J connectivity index is 1.79. The SMILES string of the molecule is COc1ccc2c(c1)CC/C2=N/OC(=O)c1ccccc1C. The summed E-state index contributed by atoms with van der Waals surface area (Å²) in [4.78, 5) is 17.2. The third kappa shape index (κ3) is 2.72. The van der Waals surface area contributed by atoms with Crippen LogP contribution in [0.4, 0.5) is 0 Å². The van der Waals surface area contributed by atoms with Gasteiger partial charge in [-0.1, -0.05) is 23.4 Å². The van der Waals surface area contributed by atoms with E-state index in [-0.39, 0.29) is 0 Å². The van der Waals surface area contributed by atoms with Crippen molar-refractivity contribution in [1.29, 1.82) is 0 Å². The number of oxime groups is 1. The quantitative estimate of drug-likeness (QED) is 0.643. The van der Waals surface area contributed by atoms with Gasteiger partial charge in [-0.3, -0.25) is 0 Å². The van der Waals surface area contributed by atoms with Gasteiger partial charge in [0.2, 0.25) is 0 Å². The summed E-state index contributed by atoms with van der Waals surface area (Å²) < 4.78 is 5.22. The van der Waals surface area contributed by atoms with Crippen molar-refractivity contribution in [2.24, 2.45) is 5.16 Å². The molecule has 1 aliphatic carbocycles. The molecule has 4 heteroatoms. The molecule has 0 aliphatic heterocycles. The fourth-order valence-electron chi connectivity index (χ4n) is 2.62. The predicted molar refractivity (Wildman–Crippen MR) is 84.4 cm³/mol. The lowest BCUT2D eigenvalue weighted by Gasteiger charge is -2.04. The summed E-state index contributed by atoms with van der Waals surface area (Å²) in [5.74, 6) is 0.407. The van der Waals surface area contributed by atoms with E-state index < -0.39 is 5.97 Å². The smallest absolute Gasteiger partial charge is 0.366 e. The summed E-state index contributed by atoms with van der Waals surface area (Å²) >= 11 is 0. The molecule has 0 saturated carbocycles. The van der Waals surface area contributed by atoms with Crippen LogP contribution in [0.1, 0.15) is 33.5 Å². The first-order chi connectivity index (χ1) is 10.7. The zero-order chi connectivity index (χ0) is 15.5. The van der Waals surface area contributed by atoms with E-state index >= 15 is 0 Å². The summed E-state index contributed by atoms with van der Waals surface area (Å²) in [7, 11) is 1.65. The molecule has 2 aromatic rings. The summed E-state index contributed by atoms with van der Waals surface area (Å²) in [6.45, 7) is 1.88. The van der Waals surface area contributed by atoms with Crippen molar-refractivity contribution >= 4 is 11.7 Å². The summed E-state index contributed by atoms with van der Waals surface area (Å²) in [5, 5.41) is 4.06. The highest BCUT2D eigenvalue weighted by Crippen LogP contribution is 2.26. The lowest BCUT2D eigenvalue weighted by molar-refractivity contribution is 0.0515. The van der Waals surface area contributed by atoms with Gasteiger partial charge in [0.1, 0.15) is 5.75 Å². The lowest BCUT2D eigenvalue weighted by atomic mass is 10.1. The second-order valence-electron chi connectivity index (χ2n) is 5.25. The van der Waals surface area contributed by atoms with Crippen molar-refractivity contribution in [3.05, 3.63) is 64.7 Å². The van der Waals surface area contributed by atoms with Crippen LogP contribution in [0, 0.1) is 6.92 Å². The number of hydrogen-bond acceptors (Lipinski definition) is 4. The second-order valence-corrected chi connectivity index (χ2v) is 5.25. The van der Waals surface area contributed by atoms with Crippen molar-refractivity contribution in [3.63, 3.8) is 0 Å². The van der Waals surface area contributed by atoms with Crippen molar-refractivity contribution in [2.45, 2.75) is 19.8 Å². The molecule has 0 bridgehead atoms. The predicted octanol–water partition coefficient (Wildman–Crippen LogP) is 3.51. The van der Waals surface area contributed by atoms with E-state index in [0.29, 0.717) is 5.56 Å². The first kappa shape index (κ1) is 14.3. The topological polar surface area (TPSA) is 47.9 Å². The van der Waals surface area contributed by atoms with Crippen LogP contribution in [0.15, 0.2) is 47.6 Å². The average Bonchev–Trinajstić information content (AvgIpc) is 2.95. The molecule has 0 saturated heterocycles. The maximum atomic E-state index is 12.1. The largest absolute Gasteiger partial charge is 0.497 e. The number of nitrogens with zero attached hydrogens (tertiary/aromatic N) is 1. The molecule has 112 valence electrons. The first-order valence-electron chi connectivity index (χ1n) is 7.20. The van der Waals surface area contributed by atoms with E-state index in [1.165, 1.54) is 5.56 Å². The number of carbonyl (C=O) groups is 1. The zero-order valence-electron chi connectivity index (χ0n) is 12.6. The van der Waals surface area contributed by atoms with Crippen molar-refractivity contribution in [2.75, 3.05) is 7.11 Å². The molecule has 0 radical (unpaired) electrons. The van der Waals surface area contributed by atoms with E-state index in [9.17, 15) is 4.79 Å². The molecule has 0 atom stereocenters. The van der Waals surface area contributed by atoms with Gasteiger partial charge < -0.3 is 9.57 Å². The fraction of sp³-hybridized carbons (Fsp3) is 0.222. The molecule has 0 unspecified atom stereocenters. The van der Waals surface area contributed by atoms with Gasteiger partial charge in [0.25, 0.3) is 0 Å². The number of hydrogen-bond donors (Lipinski definition) is 0. The Morgan fingerprint density at radius 1 is 1.14 bits per heavy atom. The Labute approximate surface area is 129 Å². The van der Waals surface area contributed by atoms with Gasteiger partial charge in [0.05, 0.1) is 18.4 Å². The van der Waals surface area contributed by atoms with Gasteiger partial charge >= 0.3 is 5.97 Å². The van der Waals surface area contributed by atoms with Gasteiger partial charge in [-0.2, -0.15) is 0 Å². The molecule has 0 spiro atoms. The minimum atomic E-state index is -0.424. The van der Waals surface area contributed by atoms with Crippen LogP contribution in [-0.2, 0) is 11.3 Å². The van der Waals surface area contributed by atoms with Crippen LogP contribution in [-0.4, -0.2) is 18.8 Å². The molecule has 0 aromatic heterocycles. The van der Waals surface area contributed by atoms with Gasteiger partial charge in [-0.05, 0) is 55.2 Å². The van der Waals surface area contributed by atoms with Gasteiger partial charge in [0.15, 0.2) is 0 Å². The van der Waals surface area contributed by atoms with Crippen LogP contribution in [0.3, 0.4) is 0 Å². The molecule has 0 amide bonds. The molecule has 2 aromatic carbocycles. The summed E-state index contributed by atoms with van der Waals surface area (Å²) in [5.41, 5.74) is 4.42. The van der Waals surface area contributed by atoms with Crippen LogP contribution in [0.2, 0.25) is 0 Å². The lowest BCUT2D eigenvalue weighted by Crippen LogP contribution is -2.05. The number of aryl methyl sites for hydroxylation is 2. The number of benzene rings is 2. The third-order valence-electron chi connectivity index (χ3n) is 3.86. The zero-order valence-corrected chi connectivity index (χ0v) is 12.6. The van der Waals surface area contributed by atoms with E-state index in [4.69, 9.17) is 9.57 Å². The summed E-state index contributed by atoms with van der Waals surface area (Å²) in [6, 6.07) is 13.2. The van der Waals surface area contributed by atoms with E-state index in [0.717, 1.165) is 35.4 Å². The molecular weight excluding hydrogens is 278 g/mol. The Morgan fingerprint density at radius 2 is 1.95 bits per heavy atom. The van der Waals surface area contributed by atoms with Crippen LogP contribution in [0.25, 0.3) is 0 Å². The standard InChI is InChI=1S/C18H17NO3/c1-12-5-3-4-6-15(12)18(20)22-19-17-10-7-13-11-14(21-2)8-9-16(13)17/h3-6,8-9,11H,7,10H2,1-2H3/b19-17-. The Kier molecular flexibility index (Phi) is 3.92. The van der Waals surface area contributed by atoms with E-state index in [1.807, 2.05) is 43.3 Å². The van der Waals surface area contributed by atoms with Gasteiger partial charge in [-0.25, -0.2) is 4.79 Å². The highest BCUT2D eigenvalue weighted by molar-refractivity contribution is 6.04. The summed E-state index contributed by atoms with van der Waals surface area (Å²) in [6.07, 6.45) is 1.65. The molecule has 3 rings (SSSR count). The van der Waals surface area contributed by atoms with Crippen molar-refractivity contribution in [3.8, 4) is 5.75 Å². The molecule has 0 N–H and O–H groups in total. The number of rotatable bonds is 3. The van der Waals surface area contributed by atoms with E-state index in [2.05, 4.69) is 5.16 Å². The highest BCUT2D eigenvalue weighted by Gasteiger charge is 2.20. The second kappa shape index (κ2) is 6.02. The van der Waals surface area contributed by atoms with E-state index in [1.54, 1.807) is 13.2 Å². The maximum absolute atomic E-state index is 12.1. The highest BCUT2D eigenvalue weighted by atomic mass is 16.7. The monoisotopic (exact) mass is 295 g/mol. The number of methoxy groups -OCH3 is 1. The van der Waals surface area contributed by atoms with Crippen LogP contribution >= 0.6 is 0 Å². The Hall–Kier alpha value is -2.62. The van der Waals surface area contributed by atoms with Gasteiger partial charge in [0, 0.05) is 5.56 Å². The van der Waals surface area contributed by atoms with Crippen LogP contribution < -0.4 is 4.74 Å².